The number of nitrogens with zero attached hydrogens (tertiary/aromatic N) is 5. The summed E-state index contributed by atoms with van der Waals surface area (Å²) in [5.74, 6) is 0.326. The molecule has 0 aliphatic rings. The van der Waals surface area contributed by atoms with Crippen molar-refractivity contribution in [1.29, 1.82) is 0 Å². The van der Waals surface area contributed by atoms with E-state index < -0.39 is 5.69 Å². The Morgan fingerprint density at radius 2 is 2.15 bits per heavy atom. The summed E-state index contributed by atoms with van der Waals surface area (Å²) >= 11 is 0. The maximum absolute atomic E-state index is 11.2. The van der Waals surface area contributed by atoms with Gasteiger partial charge in [0.25, 0.3) is 5.95 Å². The molecular formula is C10H16N8O2. The number of aromatic amines is 2. The van der Waals surface area contributed by atoms with Gasteiger partial charge in [-0.1, -0.05) is 10.3 Å². The molecule has 108 valence electrons. The predicted octanol–water partition coefficient (Wildman–Crippen LogP) is -0.0702. The second-order valence-electron chi connectivity index (χ2n) is 4.38. The number of anilines is 1. The number of nitrogen functional groups attached to an aromatic ring is 1. The first-order valence-corrected chi connectivity index (χ1v) is 6.06. The SMILES string of the molecule is CC(C)N(CCO)/N=N/c1nc2nc(=O)[nH]c(N)c2[nH]1. The molecule has 5 N–H and O–H groups in total. The van der Waals surface area contributed by atoms with E-state index in [0.29, 0.717) is 12.1 Å². The van der Waals surface area contributed by atoms with Crippen molar-refractivity contribution >= 4 is 22.9 Å². The Hall–Kier alpha value is -2.49. The van der Waals surface area contributed by atoms with Crippen LogP contribution in [0.4, 0.5) is 11.8 Å². The lowest BCUT2D eigenvalue weighted by molar-refractivity contribution is 0.161. The lowest BCUT2D eigenvalue weighted by atomic mass is 10.4. The van der Waals surface area contributed by atoms with E-state index in [1.807, 2.05) is 13.8 Å². The minimum atomic E-state index is -0.575. The number of nitrogens with one attached hydrogen (secondary N) is 2. The molecule has 0 bridgehead atoms. The number of hydrogen-bond acceptors (Lipinski definition) is 7. The van der Waals surface area contributed by atoms with E-state index in [1.54, 1.807) is 5.01 Å². The van der Waals surface area contributed by atoms with Crippen molar-refractivity contribution < 1.29 is 5.11 Å². The van der Waals surface area contributed by atoms with Crippen LogP contribution in [0, 0.1) is 0 Å². The first-order valence-electron chi connectivity index (χ1n) is 6.06. The molecule has 0 amide bonds. The average molecular weight is 280 g/mol. The molecule has 0 radical (unpaired) electrons. The molecule has 0 aliphatic carbocycles. The van der Waals surface area contributed by atoms with Crippen LogP contribution in [-0.4, -0.2) is 49.2 Å². The van der Waals surface area contributed by atoms with Crippen LogP contribution in [0.3, 0.4) is 0 Å². The van der Waals surface area contributed by atoms with Gasteiger partial charge in [-0.2, -0.15) is 9.97 Å². The zero-order chi connectivity index (χ0) is 14.7. The van der Waals surface area contributed by atoms with Crippen LogP contribution in [0.5, 0.6) is 0 Å². The number of H-pyrrole nitrogens is 2. The van der Waals surface area contributed by atoms with Gasteiger partial charge in [0.1, 0.15) is 11.3 Å². The first kappa shape index (κ1) is 13.9. The fraction of sp³-hybridized carbons (Fsp3) is 0.500. The molecule has 2 aromatic heterocycles. The Morgan fingerprint density at radius 3 is 2.80 bits per heavy atom. The Labute approximate surface area is 113 Å². The Morgan fingerprint density at radius 1 is 1.40 bits per heavy atom. The van der Waals surface area contributed by atoms with Crippen molar-refractivity contribution in [2.75, 3.05) is 18.9 Å². The van der Waals surface area contributed by atoms with E-state index in [1.165, 1.54) is 0 Å². The molecule has 2 heterocycles. The molecule has 0 aromatic carbocycles. The van der Waals surface area contributed by atoms with E-state index in [4.69, 9.17) is 10.8 Å². The normalized spacial score (nSPS) is 11.8. The molecule has 10 nitrogen and oxygen atoms in total. The highest BCUT2D eigenvalue weighted by Crippen LogP contribution is 2.17. The van der Waals surface area contributed by atoms with Crippen LogP contribution < -0.4 is 11.4 Å². The lowest BCUT2D eigenvalue weighted by Crippen LogP contribution is -2.27. The Balaban J connectivity index is 2.29. The third kappa shape index (κ3) is 2.91. The van der Waals surface area contributed by atoms with Crippen molar-refractivity contribution in [3.05, 3.63) is 10.5 Å². The summed E-state index contributed by atoms with van der Waals surface area (Å²) in [6.45, 7) is 4.18. The van der Waals surface area contributed by atoms with E-state index in [-0.39, 0.29) is 30.1 Å². The Bertz CT molecular complexity index is 673. The van der Waals surface area contributed by atoms with E-state index >= 15 is 0 Å². The molecule has 2 rings (SSSR count). The van der Waals surface area contributed by atoms with Crippen LogP contribution in [-0.2, 0) is 0 Å². The van der Waals surface area contributed by atoms with Gasteiger partial charge < -0.3 is 15.8 Å². The van der Waals surface area contributed by atoms with Gasteiger partial charge in [-0.15, -0.1) is 0 Å². The Kier molecular flexibility index (Phi) is 3.94. The summed E-state index contributed by atoms with van der Waals surface area (Å²) < 4.78 is 0. The summed E-state index contributed by atoms with van der Waals surface area (Å²) in [5.41, 5.74) is 5.64. The minimum absolute atomic E-state index is 0.0274. The van der Waals surface area contributed by atoms with Crippen LogP contribution >= 0.6 is 0 Å². The van der Waals surface area contributed by atoms with Crippen molar-refractivity contribution in [1.82, 2.24) is 24.9 Å². The number of aromatic nitrogens is 4. The van der Waals surface area contributed by atoms with Gasteiger partial charge in [0, 0.05) is 6.04 Å². The fourth-order valence-corrected chi connectivity index (χ4v) is 1.58. The van der Waals surface area contributed by atoms with Crippen molar-refractivity contribution in [2.45, 2.75) is 19.9 Å². The summed E-state index contributed by atoms with van der Waals surface area (Å²) in [7, 11) is 0. The van der Waals surface area contributed by atoms with Crippen LogP contribution in [0.25, 0.3) is 11.2 Å². The van der Waals surface area contributed by atoms with E-state index in [2.05, 4.69) is 30.3 Å². The van der Waals surface area contributed by atoms with Gasteiger partial charge in [-0.25, -0.2) is 4.79 Å². The zero-order valence-electron chi connectivity index (χ0n) is 11.2. The van der Waals surface area contributed by atoms with Crippen LogP contribution in [0.1, 0.15) is 13.8 Å². The monoisotopic (exact) mass is 280 g/mol. The molecule has 10 heteroatoms. The molecule has 2 aromatic rings. The number of aliphatic hydroxyl groups is 1. The highest BCUT2D eigenvalue weighted by molar-refractivity contribution is 5.82. The molecule has 0 fully saturated rings. The molecule has 0 saturated carbocycles. The van der Waals surface area contributed by atoms with Gasteiger partial charge in [-0.05, 0) is 13.8 Å². The third-order valence-electron chi connectivity index (χ3n) is 2.57. The smallest absolute Gasteiger partial charge is 0.348 e. The summed E-state index contributed by atoms with van der Waals surface area (Å²) in [5, 5.41) is 18.4. The van der Waals surface area contributed by atoms with E-state index in [0.717, 1.165) is 0 Å². The second-order valence-corrected chi connectivity index (χ2v) is 4.38. The van der Waals surface area contributed by atoms with Crippen molar-refractivity contribution in [3.8, 4) is 0 Å². The topological polar surface area (TPSA) is 149 Å². The quantitative estimate of drug-likeness (QED) is 0.445. The molecule has 0 saturated heterocycles. The van der Waals surface area contributed by atoms with Gasteiger partial charge in [-0.3, -0.25) is 9.99 Å². The third-order valence-corrected chi connectivity index (χ3v) is 2.57. The van der Waals surface area contributed by atoms with Crippen molar-refractivity contribution in [3.63, 3.8) is 0 Å². The predicted molar refractivity (Wildman–Crippen MR) is 72.4 cm³/mol. The lowest BCUT2D eigenvalue weighted by Gasteiger charge is -2.19. The summed E-state index contributed by atoms with van der Waals surface area (Å²) in [6.07, 6.45) is 0. The number of nitrogens with two attached hydrogens (primary N) is 1. The number of rotatable bonds is 5. The zero-order valence-corrected chi connectivity index (χ0v) is 11.2. The largest absolute Gasteiger partial charge is 0.394 e. The van der Waals surface area contributed by atoms with Gasteiger partial charge in [0.15, 0.2) is 5.65 Å². The molecular weight excluding hydrogens is 264 g/mol. The first-order chi connectivity index (χ1) is 9.51. The molecule has 0 spiro atoms. The summed E-state index contributed by atoms with van der Waals surface area (Å²) in [6, 6.07) is 0.0834. The molecule has 20 heavy (non-hydrogen) atoms. The maximum atomic E-state index is 11.2. The molecule has 0 unspecified atom stereocenters. The molecule has 0 aliphatic heterocycles. The van der Waals surface area contributed by atoms with Crippen LogP contribution in [0.15, 0.2) is 15.1 Å². The number of fused-ring (bicyclic) bond motifs is 1. The van der Waals surface area contributed by atoms with Gasteiger partial charge in [0.05, 0.1) is 13.2 Å². The highest BCUT2D eigenvalue weighted by Gasteiger charge is 2.09. The number of imidazole rings is 1. The van der Waals surface area contributed by atoms with Gasteiger partial charge in [0.2, 0.25) is 0 Å². The summed E-state index contributed by atoms with van der Waals surface area (Å²) in [4.78, 5) is 24.0. The van der Waals surface area contributed by atoms with E-state index in [9.17, 15) is 4.79 Å². The number of aliphatic hydroxyl groups excluding tert-OH is 1. The minimum Gasteiger partial charge on any atom is -0.394 e. The fourth-order valence-electron chi connectivity index (χ4n) is 1.58. The van der Waals surface area contributed by atoms with Crippen molar-refractivity contribution in [2.24, 2.45) is 10.3 Å². The second kappa shape index (κ2) is 5.65. The standard InChI is InChI=1S/C10H16N8O2/c1-5(2)18(3-4-19)17-16-9-12-6-7(11)13-10(20)15-8(6)14-9/h5,19H,3-4H2,1-2H3,(H4,11,12,13,14,15,20)/b17-16+. The van der Waals surface area contributed by atoms with Gasteiger partial charge >= 0.3 is 5.69 Å². The molecule has 0 atom stereocenters. The number of hydrogen-bond donors (Lipinski definition) is 4. The van der Waals surface area contributed by atoms with Crippen LogP contribution in [0.2, 0.25) is 0 Å². The maximum Gasteiger partial charge on any atom is 0.348 e. The average Bonchev–Trinajstić information content (AvgIpc) is 2.77. The highest BCUT2D eigenvalue weighted by atomic mass is 16.3.